The molecule has 152 valence electrons. The van der Waals surface area contributed by atoms with Gasteiger partial charge in [0.2, 0.25) is 0 Å². The highest BCUT2D eigenvalue weighted by Gasteiger charge is 2.34. The summed E-state index contributed by atoms with van der Waals surface area (Å²) in [5, 5.41) is 0. The summed E-state index contributed by atoms with van der Waals surface area (Å²) >= 11 is 0. The monoisotopic (exact) mass is 379 g/mol. The van der Waals surface area contributed by atoms with Crippen molar-refractivity contribution in [2.24, 2.45) is 0 Å². The minimum Gasteiger partial charge on any atom is -0.453 e. The first kappa shape index (κ1) is 20.8. The van der Waals surface area contributed by atoms with E-state index in [4.69, 9.17) is 4.74 Å². The number of benzene rings is 2. The first-order valence-electron chi connectivity index (χ1n) is 10.7. The third kappa shape index (κ3) is 3.54. The number of fused-ring (bicyclic) bond motifs is 2. The van der Waals surface area contributed by atoms with Gasteiger partial charge in [0, 0.05) is 5.54 Å². The van der Waals surface area contributed by atoms with Crippen molar-refractivity contribution < 1.29 is 4.74 Å². The predicted molar refractivity (Wildman–Crippen MR) is 121 cm³/mol. The molecule has 2 heteroatoms. The van der Waals surface area contributed by atoms with Crippen LogP contribution in [0.5, 0.6) is 11.5 Å². The molecule has 0 unspecified atom stereocenters. The van der Waals surface area contributed by atoms with Crippen LogP contribution in [0.4, 0.5) is 11.4 Å². The van der Waals surface area contributed by atoms with Crippen LogP contribution in [0.15, 0.2) is 36.4 Å². The molecule has 0 saturated heterocycles. The van der Waals surface area contributed by atoms with Gasteiger partial charge in [-0.2, -0.15) is 0 Å². The van der Waals surface area contributed by atoms with Crippen LogP contribution in [0.2, 0.25) is 0 Å². The standard InChI is InChI=1S/C26H37NO/c1-10-25(6,7)18-12-14-20-22(16-18)28-23-17-19(26(8,9)11-2)13-15-21(23)27(20)24(3,4)5/h12-17H,10-11H2,1-9H3. The topological polar surface area (TPSA) is 12.5 Å². The Kier molecular flexibility index (Phi) is 5.06. The van der Waals surface area contributed by atoms with E-state index in [2.05, 4.69) is 104 Å². The average Bonchev–Trinajstić information content (AvgIpc) is 2.64. The van der Waals surface area contributed by atoms with Gasteiger partial charge in [-0.3, -0.25) is 0 Å². The van der Waals surface area contributed by atoms with Crippen LogP contribution >= 0.6 is 0 Å². The maximum Gasteiger partial charge on any atom is 0.151 e. The van der Waals surface area contributed by atoms with E-state index < -0.39 is 0 Å². The predicted octanol–water partition coefficient (Wildman–Crippen LogP) is 8.10. The first-order chi connectivity index (χ1) is 12.9. The number of ether oxygens (including phenoxy) is 1. The Morgan fingerprint density at radius 2 is 1.07 bits per heavy atom. The molecule has 0 radical (unpaired) electrons. The van der Waals surface area contributed by atoms with Crippen molar-refractivity contribution in [2.45, 2.75) is 91.5 Å². The molecule has 0 N–H and O–H groups in total. The number of nitrogens with zero attached hydrogens (tertiary/aromatic N) is 1. The molecule has 0 atom stereocenters. The summed E-state index contributed by atoms with van der Waals surface area (Å²) in [6, 6.07) is 13.5. The summed E-state index contributed by atoms with van der Waals surface area (Å²) < 4.78 is 6.52. The molecule has 0 saturated carbocycles. The number of rotatable bonds is 4. The lowest BCUT2D eigenvalue weighted by Crippen LogP contribution is -2.39. The van der Waals surface area contributed by atoms with Crippen LogP contribution in [0.3, 0.4) is 0 Å². The van der Waals surface area contributed by atoms with Crippen molar-refractivity contribution in [1.29, 1.82) is 0 Å². The van der Waals surface area contributed by atoms with Gasteiger partial charge in [-0.1, -0.05) is 53.7 Å². The molecule has 0 bridgehead atoms. The lowest BCUT2D eigenvalue weighted by Gasteiger charge is -2.43. The highest BCUT2D eigenvalue weighted by atomic mass is 16.5. The molecule has 1 heterocycles. The van der Waals surface area contributed by atoms with E-state index in [1.54, 1.807) is 0 Å². The van der Waals surface area contributed by atoms with Gasteiger partial charge in [-0.25, -0.2) is 0 Å². The van der Waals surface area contributed by atoms with E-state index in [9.17, 15) is 0 Å². The summed E-state index contributed by atoms with van der Waals surface area (Å²) in [4.78, 5) is 2.42. The van der Waals surface area contributed by atoms with E-state index in [1.165, 1.54) is 11.1 Å². The molecule has 28 heavy (non-hydrogen) atoms. The zero-order valence-corrected chi connectivity index (χ0v) is 19.2. The van der Waals surface area contributed by atoms with Crippen LogP contribution in [-0.4, -0.2) is 5.54 Å². The summed E-state index contributed by atoms with van der Waals surface area (Å²) in [5.41, 5.74) is 5.19. The second-order valence-electron chi connectivity index (χ2n) is 10.4. The van der Waals surface area contributed by atoms with E-state index in [1.807, 2.05) is 0 Å². The summed E-state index contributed by atoms with van der Waals surface area (Å²) in [6.07, 6.45) is 2.19. The van der Waals surface area contributed by atoms with Crippen molar-refractivity contribution in [3.05, 3.63) is 47.5 Å². The van der Waals surface area contributed by atoms with Crippen LogP contribution in [0.1, 0.15) is 86.3 Å². The molecule has 0 fully saturated rings. The van der Waals surface area contributed by atoms with Crippen molar-refractivity contribution in [3.63, 3.8) is 0 Å². The van der Waals surface area contributed by atoms with Crippen molar-refractivity contribution in [1.82, 2.24) is 0 Å². The van der Waals surface area contributed by atoms with Crippen molar-refractivity contribution in [2.75, 3.05) is 4.90 Å². The SMILES string of the molecule is CCC(C)(C)c1ccc2c(c1)Oc1cc(C(C)(C)CC)ccc1N2C(C)(C)C. The first-order valence-corrected chi connectivity index (χ1v) is 10.7. The highest BCUT2D eigenvalue weighted by Crippen LogP contribution is 2.51. The van der Waals surface area contributed by atoms with Gasteiger partial charge in [-0.05, 0) is 79.8 Å². The third-order valence-electron chi connectivity index (χ3n) is 6.62. The Balaban J connectivity index is 2.17. The van der Waals surface area contributed by atoms with Gasteiger partial charge >= 0.3 is 0 Å². The Labute approximate surface area is 171 Å². The minimum atomic E-state index is -0.0448. The van der Waals surface area contributed by atoms with E-state index in [-0.39, 0.29) is 16.4 Å². The van der Waals surface area contributed by atoms with E-state index in [0.717, 1.165) is 35.7 Å². The maximum atomic E-state index is 6.52. The summed E-state index contributed by atoms with van der Waals surface area (Å²) in [6.45, 7) is 20.5. The highest BCUT2D eigenvalue weighted by molar-refractivity contribution is 5.80. The zero-order chi connectivity index (χ0) is 20.9. The third-order valence-corrected chi connectivity index (χ3v) is 6.62. The van der Waals surface area contributed by atoms with Gasteiger partial charge in [0.25, 0.3) is 0 Å². The summed E-state index contributed by atoms with van der Waals surface area (Å²) in [5.74, 6) is 1.93. The smallest absolute Gasteiger partial charge is 0.151 e. The van der Waals surface area contributed by atoms with Gasteiger partial charge in [-0.15, -0.1) is 0 Å². The minimum absolute atomic E-state index is 0.0448. The quantitative estimate of drug-likeness (QED) is 0.532. The Morgan fingerprint density at radius 3 is 1.39 bits per heavy atom. The lowest BCUT2D eigenvalue weighted by atomic mass is 9.81. The molecule has 0 spiro atoms. The molecule has 1 aliphatic rings. The molecule has 0 amide bonds. The zero-order valence-electron chi connectivity index (χ0n) is 19.2. The molecule has 0 aromatic heterocycles. The Hall–Kier alpha value is -1.96. The molecule has 3 rings (SSSR count). The van der Waals surface area contributed by atoms with Crippen LogP contribution in [0, 0.1) is 0 Å². The normalized spacial score (nSPS) is 14.4. The van der Waals surface area contributed by atoms with Gasteiger partial charge in [0.1, 0.15) is 0 Å². The molecule has 2 aromatic carbocycles. The number of hydrogen-bond donors (Lipinski definition) is 0. The van der Waals surface area contributed by atoms with E-state index in [0.29, 0.717) is 0 Å². The second-order valence-corrected chi connectivity index (χ2v) is 10.4. The average molecular weight is 380 g/mol. The molecule has 2 nitrogen and oxygen atoms in total. The van der Waals surface area contributed by atoms with E-state index >= 15 is 0 Å². The van der Waals surface area contributed by atoms with Crippen LogP contribution < -0.4 is 9.64 Å². The fourth-order valence-electron chi connectivity index (χ4n) is 3.78. The fourth-order valence-corrected chi connectivity index (χ4v) is 3.78. The van der Waals surface area contributed by atoms with Crippen LogP contribution in [0.25, 0.3) is 0 Å². The number of anilines is 2. The fraction of sp³-hybridized carbons (Fsp3) is 0.538. The number of hydrogen-bond acceptors (Lipinski definition) is 2. The molecular weight excluding hydrogens is 342 g/mol. The second kappa shape index (κ2) is 6.83. The largest absolute Gasteiger partial charge is 0.453 e. The lowest BCUT2D eigenvalue weighted by molar-refractivity contribution is 0.440. The molecule has 0 aliphatic carbocycles. The Bertz CT molecular complexity index is 805. The van der Waals surface area contributed by atoms with Crippen LogP contribution in [-0.2, 0) is 10.8 Å². The molecule has 2 aromatic rings. The van der Waals surface area contributed by atoms with Crippen molar-refractivity contribution in [3.8, 4) is 11.5 Å². The maximum absolute atomic E-state index is 6.52. The van der Waals surface area contributed by atoms with Gasteiger partial charge < -0.3 is 9.64 Å². The van der Waals surface area contributed by atoms with Gasteiger partial charge in [0.05, 0.1) is 11.4 Å². The van der Waals surface area contributed by atoms with Gasteiger partial charge in [0.15, 0.2) is 11.5 Å². The summed E-state index contributed by atoms with van der Waals surface area (Å²) in [7, 11) is 0. The molecular formula is C26H37NO. The van der Waals surface area contributed by atoms with Crippen molar-refractivity contribution >= 4 is 11.4 Å². The Morgan fingerprint density at radius 1 is 0.679 bits per heavy atom. The molecule has 1 aliphatic heterocycles.